The molecule has 1 aliphatic carbocycles. The third-order valence-corrected chi connectivity index (χ3v) is 10.3. The highest BCUT2D eigenvalue weighted by Gasteiger charge is 2.30. The van der Waals surface area contributed by atoms with Crippen LogP contribution in [0.4, 0.5) is 5.69 Å². The molecule has 0 N–H and O–H groups in total. The van der Waals surface area contributed by atoms with Crippen molar-refractivity contribution in [2.24, 2.45) is 0 Å². The standard InChI is InChI=1S/C25H31N5O2S2/c31-34(32,23-7-8-24-25(18-23)27-33-26-24)30-15-13-29(14-16-30)22-6-5-19-9-11-28(12-10-20(19)17-22)21-3-1-2-4-21/h5-8,17-18,21H,1-4,9-16H2. The fourth-order valence-corrected chi connectivity index (χ4v) is 7.78. The van der Waals surface area contributed by atoms with Crippen molar-refractivity contribution in [1.29, 1.82) is 0 Å². The fraction of sp³-hybridized carbons (Fsp3) is 0.520. The number of sulfonamides is 1. The highest BCUT2D eigenvalue weighted by molar-refractivity contribution is 7.89. The molecule has 1 saturated carbocycles. The second kappa shape index (κ2) is 9.18. The van der Waals surface area contributed by atoms with Gasteiger partial charge in [0.25, 0.3) is 0 Å². The molecule has 3 heterocycles. The molecule has 2 aromatic carbocycles. The molecule has 34 heavy (non-hydrogen) atoms. The Labute approximate surface area is 205 Å². The van der Waals surface area contributed by atoms with Crippen molar-refractivity contribution >= 4 is 38.5 Å². The Bertz CT molecular complexity index is 1280. The predicted octanol–water partition coefficient (Wildman–Crippen LogP) is 3.55. The summed E-state index contributed by atoms with van der Waals surface area (Å²) < 4.78 is 36.4. The molecular formula is C25H31N5O2S2. The number of rotatable bonds is 4. The van der Waals surface area contributed by atoms with Crippen molar-refractivity contribution in [2.45, 2.75) is 49.5 Å². The first kappa shape index (κ1) is 22.4. The quantitative estimate of drug-likeness (QED) is 0.549. The minimum absolute atomic E-state index is 0.304. The Morgan fingerprint density at radius 3 is 2.32 bits per heavy atom. The largest absolute Gasteiger partial charge is 0.369 e. The molecule has 9 heteroatoms. The second-order valence-corrected chi connectivity index (χ2v) is 12.2. The van der Waals surface area contributed by atoms with Crippen LogP contribution < -0.4 is 4.90 Å². The maximum absolute atomic E-state index is 13.2. The Morgan fingerprint density at radius 2 is 1.53 bits per heavy atom. The van der Waals surface area contributed by atoms with E-state index < -0.39 is 10.0 Å². The predicted molar refractivity (Wildman–Crippen MR) is 136 cm³/mol. The van der Waals surface area contributed by atoms with Crippen molar-refractivity contribution in [1.82, 2.24) is 18.0 Å². The number of piperazine rings is 1. The van der Waals surface area contributed by atoms with E-state index in [4.69, 9.17) is 0 Å². The molecule has 180 valence electrons. The van der Waals surface area contributed by atoms with Crippen LogP contribution in [-0.4, -0.2) is 71.7 Å². The van der Waals surface area contributed by atoms with Gasteiger partial charge in [0.05, 0.1) is 16.6 Å². The molecule has 0 spiro atoms. The van der Waals surface area contributed by atoms with Crippen LogP contribution >= 0.6 is 11.7 Å². The van der Waals surface area contributed by atoms with E-state index in [-0.39, 0.29) is 0 Å². The molecule has 0 radical (unpaired) electrons. The number of anilines is 1. The fourth-order valence-electron chi connectivity index (χ4n) is 5.82. The molecule has 2 aliphatic heterocycles. The van der Waals surface area contributed by atoms with E-state index in [1.54, 1.807) is 22.5 Å². The van der Waals surface area contributed by atoms with E-state index in [1.165, 1.54) is 49.0 Å². The number of hydrogen-bond donors (Lipinski definition) is 0. The summed E-state index contributed by atoms with van der Waals surface area (Å²) in [5.74, 6) is 0. The zero-order chi connectivity index (χ0) is 23.1. The molecule has 2 fully saturated rings. The van der Waals surface area contributed by atoms with Gasteiger partial charge in [0, 0.05) is 51.0 Å². The molecule has 0 bridgehead atoms. The van der Waals surface area contributed by atoms with Crippen LogP contribution in [0, 0.1) is 0 Å². The van der Waals surface area contributed by atoms with Crippen LogP contribution in [0.1, 0.15) is 36.8 Å². The average Bonchev–Trinajstić information content (AvgIpc) is 3.52. The maximum Gasteiger partial charge on any atom is 0.243 e. The zero-order valence-electron chi connectivity index (χ0n) is 19.4. The molecule has 3 aliphatic rings. The maximum atomic E-state index is 13.2. The van der Waals surface area contributed by atoms with Gasteiger partial charge in [-0.3, -0.25) is 4.90 Å². The van der Waals surface area contributed by atoms with E-state index in [0.29, 0.717) is 36.6 Å². The minimum Gasteiger partial charge on any atom is -0.369 e. The second-order valence-electron chi connectivity index (χ2n) is 9.73. The Balaban J connectivity index is 1.12. The molecule has 0 amide bonds. The Hall–Kier alpha value is -2.07. The van der Waals surface area contributed by atoms with Crippen LogP contribution in [0.5, 0.6) is 0 Å². The first-order valence-corrected chi connectivity index (χ1v) is 14.6. The van der Waals surface area contributed by atoms with Gasteiger partial charge in [0.15, 0.2) is 0 Å². The van der Waals surface area contributed by atoms with Crippen molar-refractivity contribution in [2.75, 3.05) is 44.2 Å². The lowest BCUT2D eigenvalue weighted by Crippen LogP contribution is -2.48. The summed E-state index contributed by atoms with van der Waals surface area (Å²) in [4.78, 5) is 5.35. The summed E-state index contributed by atoms with van der Waals surface area (Å²) >= 11 is 1.11. The summed E-state index contributed by atoms with van der Waals surface area (Å²) in [6, 6.07) is 12.7. The van der Waals surface area contributed by atoms with Crippen molar-refractivity contribution in [3.05, 3.63) is 47.5 Å². The third-order valence-electron chi connectivity index (χ3n) is 7.83. The molecule has 0 atom stereocenters. The summed E-state index contributed by atoms with van der Waals surface area (Å²) in [5.41, 5.74) is 5.56. The molecule has 1 saturated heterocycles. The average molecular weight is 498 g/mol. The van der Waals surface area contributed by atoms with Crippen LogP contribution in [0.2, 0.25) is 0 Å². The first-order chi connectivity index (χ1) is 16.6. The lowest BCUT2D eigenvalue weighted by molar-refractivity contribution is 0.208. The SMILES string of the molecule is O=S(=O)(c1ccc2nsnc2c1)N1CCN(c2ccc3c(c2)CCN(C2CCCC2)CC3)CC1. The van der Waals surface area contributed by atoms with E-state index >= 15 is 0 Å². The van der Waals surface area contributed by atoms with Crippen LogP contribution in [-0.2, 0) is 22.9 Å². The third kappa shape index (κ3) is 4.23. The number of aromatic nitrogens is 2. The summed E-state index contributed by atoms with van der Waals surface area (Å²) in [7, 11) is -3.53. The number of fused-ring (bicyclic) bond motifs is 2. The van der Waals surface area contributed by atoms with Gasteiger partial charge in [-0.2, -0.15) is 13.1 Å². The number of hydrogen-bond acceptors (Lipinski definition) is 7. The zero-order valence-corrected chi connectivity index (χ0v) is 21.0. The van der Waals surface area contributed by atoms with Gasteiger partial charge in [-0.25, -0.2) is 8.42 Å². The summed E-state index contributed by atoms with van der Waals surface area (Å²) in [5, 5.41) is 0. The van der Waals surface area contributed by atoms with Crippen molar-refractivity contribution in [3.8, 4) is 0 Å². The van der Waals surface area contributed by atoms with Crippen LogP contribution in [0.25, 0.3) is 11.0 Å². The monoisotopic (exact) mass is 497 g/mol. The molecule has 6 rings (SSSR count). The Kier molecular flexibility index (Phi) is 6.05. The number of benzene rings is 2. The van der Waals surface area contributed by atoms with Gasteiger partial charge < -0.3 is 4.90 Å². The van der Waals surface area contributed by atoms with E-state index in [9.17, 15) is 8.42 Å². The molecule has 1 aromatic heterocycles. The summed E-state index contributed by atoms with van der Waals surface area (Å²) in [6.07, 6.45) is 7.75. The van der Waals surface area contributed by atoms with Crippen molar-refractivity contribution < 1.29 is 8.42 Å². The van der Waals surface area contributed by atoms with Crippen molar-refractivity contribution in [3.63, 3.8) is 0 Å². The van der Waals surface area contributed by atoms with E-state index in [0.717, 1.165) is 42.7 Å². The highest BCUT2D eigenvalue weighted by atomic mass is 32.2. The smallest absolute Gasteiger partial charge is 0.243 e. The highest BCUT2D eigenvalue weighted by Crippen LogP contribution is 2.29. The van der Waals surface area contributed by atoms with Crippen LogP contribution in [0.3, 0.4) is 0 Å². The van der Waals surface area contributed by atoms with E-state index in [1.807, 2.05) is 0 Å². The molecule has 0 unspecified atom stereocenters. The first-order valence-electron chi connectivity index (χ1n) is 12.4. The Morgan fingerprint density at radius 1 is 0.794 bits per heavy atom. The van der Waals surface area contributed by atoms with Gasteiger partial charge in [-0.05, 0) is 67.1 Å². The van der Waals surface area contributed by atoms with Gasteiger partial charge in [0.1, 0.15) is 11.0 Å². The minimum atomic E-state index is -3.53. The number of nitrogens with zero attached hydrogens (tertiary/aromatic N) is 5. The van der Waals surface area contributed by atoms with Crippen LogP contribution in [0.15, 0.2) is 41.3 Å². The molecular weight excluding hydrogens is 466 g/mol. The molecule has 7 nitrogen and oxygen atoms in total. The summed E-state index contributed by atoms with van der Waals surface area (Å²) in [6.45, 7) is 4.71. The molecule has 3 aromatic rings. The van der Waals surface area contributed by atoms with Gasteiger partial charge >= 0.3 is 0 Å². The van der Waals surface area contributed by atoms with Gasteiger partial charge in [-0.15, -0.1) is 0 Å². The topological polar surface area (TPSA) is 69.6 Å². The van der Waals surface area contributed by atoms with E-state index in [2.05, 4.69) is 36.7 Å². The lowest BCUT2D eigenvalue weighted by Gasteiger charge is -2.35. The van der Waals surface area contributed by atoms with Gasteiger partial charge in [-0.1, -0.05) is 18.9 Å². The lowest BCUT2D eigenvalue weighted by atomic mass is 10.0. The van der Waals surface area contributed by atoms with Gasteiger partial charge in [0.2, 0.25) is 10.0 Å². The normalized spacial score (nSPS) is 21.1.